The molecule has 0 aromatic heterocycles. The van der Waals surface area contributed by atoms with Crippen LogP contribution in [0.5, 0.6) is 0 Å². The fourth-order valence-electron chi connectivity index (χ4n) is 5.11. The normalized spacial score (nSPS) is 20.2. The van der Waals surface area contributed by atoms with E-state index in [2.05, 4.69) is 111 Å². The number of aliphatic hydroxyl groups is 1. The highest BCUT2D eigenvalue weighted by atomic mass is 28.4. The Balaban J connectivity index is 1.69. The summed E-state index contributed by atoms with van der Waals surface area (Å²) in [6.45, 7) is 9.27. The predicted molar refractivity (Wildman–Crippen MR) is 135 cm³/mol. The summed E-state index contributed by atoms with van der Waals surface area (Å²) < 4.78 is 7.29. The van der Waals surface area contributed by atoms with Crippen molar-refractivity contribution in [2.24, 2.45) is 0 Å². The van der Waals surface area contributed by atoms with Gasteiger partial charge in [0.05, 0.1) is 12.2 Å². The van der Waals surface area contributed by atoms with E-state index in [0.29, 0.717) is 13.0 Å². The summed E-state index contributed by atoms with van der Waals surface area (Å²) >= 11 is 0. The summed E-state index contributed by atoms with van der Waals surface area (Å²) in [4.78, 5) is 2.34. The minimum Gasteiger partial charge on any atom is -0.403 e. The number of hydrogen-bond donors (Lipinski definition) is 1. The third kappa shape index (κ3) is 4.89. The molecule has 0 spiro atoms. The van der Waals surface area contributed by atoms with Crippen LogP contribution in [0.1, 0.15) is 32.8 Å². The summed E-state index contributed by atoms with van der Waals surface area (Å²) in [5.74, 6) is 0. The lowest BCUT2D eigenvalue weighted by molar-refractivity contribution is -0.00423. The van der Waals surface area contributed by atoms with E-state index in [0.717, 1.165) is 13.1 Å². The molecule has 0 amide bonds. The Morgan fingerprint density at radius 1 is 0.812 bits per heavy atom. The number of nitrogens with zero attached hydrogens (tertiary/aromatic N) is 1. The van der Waals surface area contributed by atoms with E-state index in [1.165, 1.54) is 15.9 Å². The van der Waals surface area contributed by atoms with Crippen molar-refractivity contribution in [3.05, 3.63) is 96.6 Å². The lowest BCUT2D eigenvalue weighted by atomic mass is 10.0. The van der Waals surface area contributed by atoms with Crippen molar-refractivity contribution in [2.45, 2.75) is 51.0 Å². The smallest absolute Gasteiger partial charge is 0.261 e. The van der Waals surface area contributed by atoms with Crippen LogP contribution >= 0.6 is 0 Å². The number of benzene rings is 3. The first-order chi connectivity index (χ1) is 15.4. The molecule has 168 valence electrons. The second-order valence-electron chi connectivity index (χ2n) is 9.97. The Hall–Kier alpha value is -2.24. The number of β-amino-alcohol motifs (C(OH)–C–C–N with tert-alkyl or cyclic N) is 1. The molecule has 0 bridgehead atoms. The van der Waals surface area contributed by atoms with Crippen molar-refractivity contribution in [1.29, 1.82) is 0 Å². The van der Waals surface area contributed by atoms with Crippen molar-refractivity contribution in [3.8, 4) is 0 Å². The highest BCUT2D eigenvalue weighted by molar-refractivity contribution is 6.99. The Labute approximate surface area is 193 Å². The standard InChI is InChI=1S/C28H35NO2Si/c1-28(2,3)32(26-15-9-5-10-16-26,27-17-11-6-12-18-27)31-25-19-24(30)21-29(22-25)20-23-13-7-4-8-14-23/h4-18,24-25,30H,19-22H2,1-3H3/t24-,25-/m1/s1. The van der Waals surface area contributed by atoms with Crippen molar-refractivity contribution >= 4 is 18.7 Å². The van der Waals surface area contributed by atoms with E-state index in [4.69, 9.17) is 4.43 Å². The molecule has 1 fully saturated rings. The molecule has 1 heterocycles. The van der Waals surface area contributed by atoms with E-state index in [1.807, 2.05) is 6.07 Å². The first kappa shape index (κ1) is 22.9. The minimum atomic E-state index is -2.63. The Morgan fingerprint density at radius 2 is 1.31 bits per heavy atom. The van der Waals surface area contributed by atoms with Gasteiger partial charge >= 0.3 is 0 Å². The summed E-state index contributed by atoms with van der Waals surface area (Å²) in [6, 6.07) is 32.0. The lowest BCUT2D eigenvalue weighted by Gasteiger charge is -2.47. The van der Waals surface area contributed by atoms with Crippen molar-refractivity contribution in [2.75, 3.05) is 13.1 Å². The van der Waals surface area contributed by atoms with Crippen LogP contribution in [0.4, 0.5) is 0 Å². The molecule has 0 unspecified atom stereocenters. The van der Waals surface area contributed by atoms with Gasteiger partial charge in [-0.05, 0) is 21.0 Å². The van der Waals surface area contributed by atoms with Gasteiger partial charge in [0.2, 0.25) is 0 Å². The Kier molecular flexibility index (Phi) is 6.96. The fraction of sp³-hybridized carbons (Fsp3) is 0.357. The first-order valence-electron chi connectivity index (χ1n) is 11.6. The molecule has 3 nitrogen and oxygen atoms in total. The van der Waals surface area contributed by atoms with E-state index in [9.17, 15) is 5.11 Å². The molecular formula is C28H35NO2Si. The van der Waals surface area contributed by atoms with Crippen LogP contribution < -0.4 is 10.4 Å². The predicted octanol–water partition coefficient (Wildman–Crippen LogP) is 4.20. The van der Waals surface area contributed by atoms with Gasteiger partial charge in [0, 0.05) is 26.1 Å². The molecule has 0 saturated carbocycles. The summed E-state index contributed by atoms with van der Waals surface area (Å²) in [7, 11) is -2.63. The maximum Gasteiger partial charge on any atom is 0.261 e. The van der Waals surface area contributed by atoms with Gasteiger partial charge in [-0.25, -0.2) is 0 Å². The van der Waals surface area contributed by atoms with E-state index in [1.54, 1.807) is 0 Å². The maximum atomic E-state index is 10.8. The number of piperidine rings is 1. The average Bonchev–Trinajstić information content (AvgIpc) is 2.78. The number of aliphatic hydroxyl groups excluding tert-OH is 1. The van der Waals surface area contributed by atoms with E-state index in [-0.39, 0.29) is 17.2 Å². The molecule has 4 heteroatoms. The van der Waals surface area contributed by atoms with Gasteiger partial charge in [-0.1, -0.05) is 112 Å². The Morgan fingerprint density at radius 3 is 1.81 bits per heavy atom. The third-order valence-electron chi connectivity index (χ3n) is 6.48. The first-order valence-corrected chi connectivity index (χ1v) is 13.5. The molecule has 32 heavy (non-hydrogen) atoms. The largest absolute Gasteiger partial charge is 0.403 e. The van der Waals surface area contributed by atoms with Crippen LogP contribution in [0.3, 0.4) is 0 Å². The van der Waals surface area contributed by atoms with Crippen molar-refractivity contribution < 1.29 is 9.53 Å². The summed E-state index contributed by atoms with van der Waals surface area (Å²) in [6.07, 6.45) is 0.278. The molecule has 0 aliphatic carbocycles. The van der Waals surface area contributed by atoms with Gasteiger partial charge in [0.25, 0.3) is 8.32 Å². The minimum absolute atomic E-state index is 0.0197. The SMILES string of the molecule is CC(C)(C)[Si](O[C@@H]1C[C@@H](O)CN(Cc2ccccc2)C1)(c1ccccc1)c1ccccc1. The number of likely N-dealkylation sites (tertiary alicyclic amines) is 1. The molecule has 2 atom stereocenters. The molecule has 1 aliphatic heterocycles. The molecule has 3 aromatic carbocycles. The quantitative estimate of drug-likeness (QED) is 0.577. The summed E-state index contributed by atoms with van der Waals surface area (Å²) in [5, 5.41) is 13.3. The third-order valence-corrected chi connectivity index (χ3v) is 11.6. The zero-order valence-corrected chi connectivity index (χ0v) is 20.4. The van der Waals surface area contributed by atoms with Gasteiger partial charge in [-0.3, -0.25) is 4.90 Å². The van der Waals surface area contributed by atoms with Crippen LogP contribution in [-0.2, 0) is 11.0 Å². The molecular weight excluding hydrogens is 410 g/mol. The fourth-order valence-corrected chi connectivity index (χ4v) is 9.80. The Bertz CT molecular complexity index is 933. The monoisotopic (exact) mass is 445 g/mol. The van der Waals surface area contributed by atoms with Crippen LogP contribution in [0.25, 0.3) is 0 Å². The van der Waals surface area contributed by atoms with Crippen LogP contribution in [0.2, 0.25) is 5.04 Å². The molecule has 3 aromatic rings. The van der Waals surface area contributed by atoms with Crippen LogP contribution in [0.15, 0.2) is 91.0 Å². The van der Waals surface area contributed by atoms with Gasteiger partial charge in [0.1, 0.15) is 0 Å². The van der Waals surface area contributed by atoms with E-state index >= 15 is 0 Å². The van der Waals surface area contributed by atoms with Gasteiger partial charge in [-0.15, -0.1) is 0 Å². The second-order valence-corrected chi connectivity index (χ2v) is 14.2. The second kappa shape index (κ2) is 9.71. The molecule has 0 radical (unpaired) electrons. The van der Waals surface area contributed by atoms with Crippen molar-refractivity contribution in [1.82, 2.24) is 4.90 Å². The molecule has 1 aliphatic rings. The van der Waals surface area contributed by atoms with Gasteiger partial charge in [-0.2, -0.15) is 0 Å². The topological polar surface area (TPSA) is 32.7 Å². The molecule has 1 saturated heterocycles. The lowest BCUT2D eigenvalue weighted by Crippen LogP contribution is -2.69. The zero-order chi connectivity index (χ0) is 22.6. The molecule has 4 rings (SSSR count). The maximum absolute atomic E-state index is 10.8. The number of rotatable bonds is 6. The highest BCUT2D eigenvalue weighted by Crippen LogP contribution is 2.38. The van der Waals surface area contributed by atoms with Crippen LogP contribution in [-0.4, -0.2) is 43.6 Å². The van der Waals surface area contributed by atoms with Gasteiger partial charge in [0.15, 0.2) is 0 Å². The zero-order valence-electron chi connectivity index (χ0n) is 19.4. The van der Waals surface area contributed by atoms with Crippen molar-refractivity contribution in [3.63, 3.8) is 0 Å². The number of hydrogen-bond acceptors (Lipinski definition) is 3. The van der Waals surface area contributed by atoms with Crippen LogP contribution in [0, 0.1) is 0 Å². The summed E-state index contributed by atoms with van der Waals surface area (Å²) in [5.41, 5.74) is 1.27. The molecule has 1 N–H and O–H groups in total. The van der Waals surface area contributed by atoms with E-state index < -0.39 is 8.32 Å². The van der Waals surface area contributed by atoms with Gasteiger partial charge < -0.3 is 9.53 Å². The highest BCUT2D eigenvalue weighted by Gasteiger charge is 2.52. The average molecular weight is 446 g/mol.